The first kappa shape index (κ1) is 24.5. The molecule has 1 aliphatic carbocycles. The van der Waals surface area contributed by atoms with Gasteiger partial charge in [0.2, 0.25) is 0 Å². The van der Waals surface area contributed by atoms with Gasteiger partial charge in [0.15, 0.2) is 5.96 Å². The topological polar surface area (TPSA) is 59.9 Å². The molecule has 0 amide bonds. The number of aliphatic hydroxyl groups excluding tert-OH is 1. The van der Waals surface area contributed by atoms with Gasteiger partial charge in [-0.05, 0) is 63.4 Å². The number of likely N-dealkylation sites (N-methyl/N-ethyl adjacent to an activating group) is 1. The summed E-state index contributed by atoms with van der Waals surface area (Å²) >= 11 is 0. The smallest absolute Gasteiger partial charge is 0.393 e. The first-order valence-electron chi connectivity index (χ1n) is 10.9. The predicted octanol–water partition coefficient (Wildman–Crippen LogP) is 3.95. The Kier molecular flexibility index (Phi) is 9.42. The molecule has 5 nitrogen and oxygen atoms in total. The van der Waals surface area contributed by atoms with E-state index in [2.05, 4.69) is 15.5 Å². The van der Waals surface area contributed by atoms with Crippen molar-refractivity contribution in [1.29, 1.82) is 0 Å². The lowest BCUT2D eigenvalue weighted by Crippen LogP contribution is -2.45. The van der Waals surface area contributed by atoms with Crippen LogP contribution < -0.4 is 10.6 Å². The van der Waals surface area contributed by atoms with Crippen LogP contribution in [0.1, 0.15) is 63.6 Å². The quantitative estimate of drug-likeness (QED) is 0.434. The highest BCUT2D eigenvalue weighted by Crippen LogP contribution is 2.31. The molecule has 0 bridgehead atoms. The molecule has 0 aliphatic heterocycles. The summed E-state index contributed by atoms with van der Waals surface area (Å²) in [6.07, 6.45) is -1.20. The number of benzene rings is 1. The number of aliphatic imine (C=N–C) groups is 1. The Morgan fingerprint density at radius 3 is 2.20 bits per heavy atom. The van der Waals surface area contributed by atoms with E-state index in [-0.39, 0.29) is 18.2 Å². The Bertz CT molecular complexity index is 651. The molecule has 1 aromatic carbocycles. The number of guanidine groups is 1. The van der Waals surface area contributed by atoms with Gasteiger partial charge >= 0.3 is 6.18 Å². The van der Waals surface area contributed by atoms with Gasteiger partial charge in [-0.1, -0.05) is 26.0 Å². The minimum atomic E-state index is -4.34. The number of rotatable bonds is 8. The van der Waals surface area contributed by atoms with Gasteiger partial charge in [-0.25, -0.2) is 0 Å². The molecular weight excluding hydrogens is 393 g/mol. The van der Waals surface area contributed by atoms with E-state index in [0.29, 0.717) is 12.5 Å². The Hall–Kier alpha value is -1.80. The predicted molar refractivity (Wildman–Crippen MR) is 114 cm³/mol. The molecule has 0 aromatic heterocycles. The minimum Gasteiger partial charge on any atom is -0.393 e. The van der Waals surface area contributed by atoms with Crippen molar-refractivity contribution in [1.82, 2.24) is 15.5 Å². The van der Waals surface area contributed by atoms with Crippen LogP contribution in [0.4, 0.5) is 13.2 Å². The highest BCUT2D eigenvalue weighted by Gasteiger charge is 2.30. The lowest BCUT2D eigenvalue weighted by molar-refractivity contribution is -0.137. The molecule has 1 fully saturated rings. The summed E-state index contributed by atoms with van der Waals surface area (Å²) in [4.78, 5) is 6.96. The molecular formula is C22H35F3N4O. The first-order chi connectivity index (χ1) is 14.3. The highest BCUT2D eigenvalue weighted by atomic mass is 19.4. The Balaban J connectivity index is 2.17. The molecule has 3 N–H and O–H groups in total. The summed E-state index contributed by atoms with van der Waals surface area (Å²) in [6, 6.07) is 5.57. The lowest BCUT2D eigenvalue weighted by atomic mass is 9.93. The molecule has 1 aromatic rings. The fraction of sp³-hybridized carbons (Fsp3) is 0.682. The van der Waals surface area contributed by atoms with E-state index >= 15 is 0 Å². The van der Waals surface area contributed by atoms with Crippen LogP contribution in [0.5, 0.6) is 0 Å². The molecule has 8 heteroatoms. The maximum absolute atomic E-state index is 12.9. The average Bonchev–Trinajstić information content (AvgIpc) is 2.72. The third-order valence-electron chi connectivity index (χ3n) is 5.68. The van der Waals surface area contributed by atoms with Crippen LogP contribution >= 0.6 is 0 Å². The van der Waals surface area contributed by atoms with Crippen LogP contribution in [0.15, 0.2) is 29.3 Å². The number of nitrogens with zero attached hydrogens (tertiary/aromatic N) is 2. The van der Waals surface area contributed by atoms with E-state index < -0.39 is 11.7 Å². The van der Waals surface area contributed by atoms with Crippen molar-refractivity contribution in [2.75, 3.05) is 26.2 Å². The van der Waals surface area contributed by atoms with E-state index in [1.54, 1.807) is 12.1 Å². The monoisotopic (exact) mass is 428 g/mol. The van der Waals surface area contributed by atoms with E-state index in [1.807, 2.05) is 20.8 Å². The fourth-order valence-corrected chi connectivity index (χ4v) is 3.90. The second-order valence-corrected chi connectivity index (χ2v) is 7.73. The molecule has 0 saturated heterocycles. The van der Waals surface area contributed by atoms with E-state index in [1.165, 1.54) is 0 Å². The molecule has 170 valence electrons. The molecule has 1 aliphatic rings. The summed E-state index contributed by atoms with van der Waals surface area (Å²) < 4.78 is 38.8. The zero-order valence-corrected chi connectivity index (χ0v) is 18.2. The second-order valence-electron chi connectivity index (χ2n) is 7.73. The Morgan fingerprint density at radius 2 is 1.70 bits per heavy atom. The summed E-state index contributed by atoms with van der Waals surface area (Å²) in [5.74, 6) is 0.711. The van der Waals surface area contributed by atoms with Crippen molar-refractivity contribution < 1.29 is 18.3 Å². The maximum Gasteiger partial charge on any atom is 0.416 e. The van der Waals surface area contributed by atoms with Crippen molar-refractivity contribution >= 4 is 5.96 Å². The number of halogens is 3. The summed E-state index contributed by atoms with van der Waals surface area (Å²) in [5, 5.41) is 16.4. The van der Waals surface area contributed by atoms with Gasteiger partial charge in [0.25, 0.3) is 0 Å². The summed E-state index contributed by atoms with van der Waals surface area (Å²) in [6.45, 7) is 8.81. The normalized spacial score (nSPS) is 21.5. The zero-order valence-electron chi connectivity index (χ0n) is 18.2. The first-order valence-corrected chi connectivity index (χ1v) is 10.9. The van der Waals surface area contributed by atoms with Gasteiger partial charge in [0.05, 0.1) is 24.3 Å². The standard InChI is InChI=1S/C22H35F3N4O/c1-4-26-21(28-18-11-13-19(30)14-12-18)27-15-20(29(5-2)6-3)16-7-9-17(10-8-16)22(23,24)25/h7-10,18-20,30H,4-6,11-15H2,1-3H3,(H2,26,27,28). The van der Waals surface area contributed by atoms with Crippen LogP contribution in [-0.4, -0.2) is 54.3 Å². The van der Waals surface area contributed by atoms with Crippen LogP contribution in [0.25, 0.3) is 0 Å². The number of nitrogens with one attached hydrogen (secondary N) is 2. The van der Waals surface area contributed by atoms with Crippen LogP contribution in [0, 0.1) is 0 Å². The summed E-state index contributed by atoms with van der Waals surface area (Å²) in [5.41, 5.74) is 0.189. The molecule has 1 unspecified atom stereocenters. The minimum absolute atomic E-state index is 0.106. The zero-order chi connectivity index (χ0) is 22.1. The number of hydrogen-bond acceptors (Lipinski definition) is 3. The number of aliphatic hydroxyl groups is 1. The molecule has 0 spiro atoms. The Morgan fingerprint density at radius 1 is 1.10 bits per heavy atom. The molecule has 1 saturated carbocycles. The molecule has 2 rings (SSSR count). The number of alkyl halides is 3. The van der Waals surface area contributed by atoms with Crippen molar-refractivity contribution in [3.63, 3.8) is 0 Å². The van der Waals surface area contributed by atoms with Crippen molar-refractivity contribution in [2.45, 2.75) is 70.8 Å². The fourth-order valence-electron chi connectivity index (χ4n) is 3.90. The third-order valence-corrected chi connectivity index (χ3v) is 5.68. The maximum atomic E-state index is 12.9. The van der Waals surface area contributed by atoms with Crippen molar-refractivity contribution in [2.24, 2.45) is 4.99 Å². The van der Waals surface area contributed by atoms with Gasteiger partial charge in [0.1, 0.15) is 0 Å². The van der Waals surface area contributed by atoms with Crippen LogP contribution in [-0.2, 0) is 6.18 Å². The van der Waals surface area contributed by atoms with E-state index in [0.717, 1.165) is 63.0 Å². The summed E-state index contributed by atoms with van der Waals surface area (Å²) in [7, 11) is 0. The third kappa shape index (κ3) is 7.16. The van der Waals surface area contributed by atoms with Gasteiger partial charge in [0, 0.05) is 12.6 Å². The van der Waals surface area contributed by atoms with E-state index in [4.69, 9.17) is 4.99 Å². The van der Waals surface area contributed by atoms with Gasteiger partial charge in [-0.2, -0.15) is 13.2 Å². The highest BCUT2D eigenvalue weighted by molar-refractivity contribution is 5.80. The largest absolute Gasteiger partial charge is 0.416 e. The van der Waals surface area contributed by atoms with E-state index in [9.17, 15) is 18.3 Å². The van der Waals surface area contributed by atoms with Gasteiger partial charge in [-0.3, -0.25) is 9.89 Å². The van der Waals surface area contributed by atoms with Gasteiger partial charge < -0.3 is 15.7 Å². The molecule has 0 heterocycles. The second kappa shape index (κ2) is 11.6. The number of hydrogen-bond donors (Lipinski definition) is 3. The van der Waals surface area contributed by atoms with Crippen molar-refractivity contribution in [3.05, 3.63) is 35.4 Å². The molecule has 30 heavy (non-hydrogen) atoms. The molecule has 1 atom stereocenters. The Labute approximate surface area is 177 Å². The SMILES string of the molecule is CCNC(=NCC(c1ccc(C(F)(F)F)cc1)N(CC)CC)NC1CCC(O)CC1. The van der Waals surface area contributed by atoms with Crippen LogP contribution in [0.2, 0.25) is 0 Å². The lowest BCUT2D eigenvalue weighted by Gasteiger charge is -2.30. The molecule has 0 radical (unpaired) electrons. The van der Waals surface area contributed by atoms with Crippen LogP contribution in [0.3, 0.4) is 0 Å². The van der Waals surface area contributed by atoms with Gasteiger partial charge in [-0.15, -0.1) is 0 Å². The average molecular weight is 429 g/mol. The van der Waals surface area contributed by atoms with Crippen molar-refractivity contribution in [3.8, 4) is 0 Å².